The van der Waals surface area contributed by atoms with Crippen LogP contribution >= 0.6 is 0 Å². The number of carbonyl (C=O) groups is 2. The molecule has 1 amide bonds. The molecule has 0 spiro atoms. The summed E-state index contributed by atoms with van der Waals surface area (Å²) in [7, 11) is 0. The largest absolute Gasteiger partial charge is 0.478 e. The van der Waals surface area contributed by atoms with Crippen LogP contribution in [-0.2, 0) is 16.1 Å². The molecule has 0 radical (unpaired) electrons. The van der Waals surface area contributed by atoms with Gasteiger partial charge in [0.2, 0.25) is 0 Å². The Morgan fingerprint density at radius 3 is 2.62 bits per heavy atom. The van der Waals surface area contributed by atoms with Crippen molar-refractivity contribution in [2.45, 2.75) is 51.7 Å². The highest BCUT2D eigenvalue weighted by atomic mass is 16.5. The molecule has 1 saturated carbocycles. The normalized spacial score (nSPS) is 16.9. The molecule has 1 aliphatic carbocycles. The lowest BCUT2D eigenvalue weighted by Gasteiger charge is -2.27. The molecule has 6 nitrogen and oxygen atoms in total. The second kappa shape index (κ2) is 6.30. The van der Waals surface area contributed by atoms with Gasteiger partial charge in [0.15, 0.2) is 0 Å². The Kier molecular flexibility index (Phi) is 4.67. The number of hydrogen-bond acceptors (Lipinski definition) is 4. The summed E-state index contributed by atoms with van der Waals surface area (Å²) >= 11 is 0. The number of carboxylic acids is 1. The van der Waals surface area contributed by atoms with E-state index in [1.165, 1.54) is 6.07 Å². The maximum Gasteiger partial charge on any atom is 0.339 e. The smallest absolute Gasteiger partial charge is 0.339 e. The van der Waals surface area contributed by atoms with E-state index in [-0.39, 0.29) is 18.0 Å². The minimum atomic E-state index is -1.03. The molecule has 1 aromatic rings. The Hall–Kier alpha value is -1.82. The molecule has 1 fully saturated rings. The molecule has 1 heterocycles. The van der Waals surface area contributed by atoms with E-state index in [2.05, 4.69) is 5.32 Å². The van der Waals surface area contributed by atoms with E-state index in [1.54, 1.807) is 6.92 Å². The second-order valence-corrected chi connectivity index (χ2v) is 5.30. The fourth-order valence-electron chi connectivity index (χ4n) is 2.83. The maximum absolute atomic E-state index is 12.4. The maximum atomic E-state index is 12.4. The zero-order valence-corrected chi connectivity index (χ0v) is 12.4. The van der Waals surface area contributed by atoms with Gasteiger partial charge in [-0.15, -0.1) is 0 Å². The summed E-state index contributed by atoms with van der Waals surface area (Å²) in [6.07, 6.45) is 3.42. The first kappa shape index (κ1) is 15.6. The minimum absolute atomic E-state index is 0.125. The molecule has 1 aliphatic rings. The number of carboxylic acid groups (broad SMARTS) is 1. The Balaban J connectivity index is 2.00. The molecule has 0 saturated heterocycles. The predicted octanol–water partition coefficient (Wildman–Crippen LogP) is 2.25. The molecule has 2 rings (SSSR count). The van der Waals surface area contributed by atoms with Crippen molar-refractivity contribution in [2.24, 2.45) is 0 Å². The molecule has 116 valence electrons. The first-order valence-corrected chi connectivity index (χ1v) is 7.23. The molecular formula is C15H21NO5. The van der Waals surface area contributed by atoms with Crippen molar-refractivity contribution in [1.82, 2.24) is 5.32 Å². The zero-order valence-electron chi connectivity index (χ0n) is 12.4. The highest BCUT2D eigenvalue weighted by Gasteiger charge is 2.41. The van der Waals surface area contributed by atoms with Gasteiger partial charge in [0.05, 0.1) is 6.54 Å². The van der Waals surface area contributed by atoms with E-state index in [0.29, 0.717) is 18.1 Å². The molecule has 0 unspecified atom stereocenters. The number of furan rings is 1. The van der Waals surface area contributed by atoms with Crippen LogP contribution in [0, 0.1) is 6.92 Å². The van der Waals surface area contributed by atoms with Crippen LogP contribution in [0.15, 0.2) is 10.5 Å². The average molecular weight is 295 g/mol. The van der Waals surface area contributed by atoms with Crippen LogP contribution in [0.1, 0.15) is 54.5 Å². The molecule has 21 heavy (non-hydrogen) atoms. The fourth-order valence-corrected chi connectivity index (χ4v) is 2.83. The number of ether oxygens (including phenoxy) is 1. The summed E-state index contributed by atoms with van der Waals surface area (Å²) in [5, 5.41) is 11.8. The topological polar surface area (TPSA) is 88.8 Å². The van der Waals surface area contributed by atoms with Crippen molar-refractivity contribution in [3.8, 4) is 0 Å². The molecule has 1 aromatic heterocycles. The summed E-state index contributed by atoms with van der Waals surface area (Å²) in [5.41, 5.74) is -0.605. The van der Waals surface area contributed by atoms with Gasteiger partial charge in [0, 0.05) is 6.61 Å². The number of aryl methyl sites for hydroxylation is 1. The van der Waals surface area contributed by atoms with E-state index in [4.69, 9.17) is 14.3 Å². The van der Waals surface area contributed by atoms with Crippen molar-refractivity contribution >= 4 is 11.9 Å². The highest BCUT2D eigenvalue weighted by Crippen LogP contribution is 2.33. The third kappa shape index (κ3) is 3.26. The van der Waals surface area contributed by atoms with Crippen LogP contribution in [0.5, 0.6) is 0 Å². The molecule has 6 heteroatoms. The Labute approximate surface area is 123 Å². The Morgan fingerprint density at radius 2 is 2.10 bits per heavy atom. The van der Waals surface area contributed by atoms with Crippen LogP contribution in [0.2, 0.25) is 0 Å². The number of nitrogens with one attached hydrogen (secondary N) is 1. The van der Waals surface area contributed by atoms with Crippen molar-refractivity contribution in [3.63, 3.8) is 0 Å². The van der Waals surface area contributed by atoms with Crippen molar-refractivity contribution in [2.75, 3.05) is 6.61 Å². The van der Waals surface area contributed by atoms with E-state index >= 15 is 0 Å². The lowest BCUT2D eigenvalue weighted by atomic mass is 10.0. The number of rotatable bonds is 6. The van der Waals surface area contributed by atoms with Crippen LogP contribution in [-0.4, -0.2) is 29.2 Å². The molecule has 0 aromatic carbocycles. The van der Waals surface area contributed by atoms with E-state index in [1.807, 2.05) is 6.92 Å². The third-order valence-electron chi connectivity index (χ3n) is 3.87. The zero-order chi connectivity index (χ0) is 15.5. The summed E-state index contributed by atoms with van der Waals surface area (Å²) in [5.74, 6) is -0.404. The SMILES string of the molecule is CCOC1(C(=O)NCc2cc(C(=O)O)c(C)o2)CCCC1. The van der Waals surface area contributed by atoms with Gasteiger partial charge >= 0.3 is 5.97 Å². The van der Waals surface area contributed by atoms with Gasteiger partial charge < -0.3 is 19.6 Å². The molecule has 0 bridgehead atoms. The first-order chi connectivity index (χ1) is 9.98. The number of carbonyl (C=O) groups excluding carboxylic acids is 1. The van der Waals surface area contributed by atoms with Crippen molar-refractivity contribution in [3.05, 3.63) is 23.2 Å². The quantitative estimate of drug-likeness (QED) is 0.840. The summed E-state index contributed by atoms with van der Waals surface area (Å²) in [6, 6.07) is 1.44. The van der Waals surface area contributed by atoms with Crippen LogP contribution in [0.25, 0.3) is 0 Å². The number of aromatic carboxylic acids is 1. The summed E-state index contributed by atoms with van der Waals surface area (Å²) < 4.78 is 11.0. The van der Waals surface area contributed by atoms with Crippen LogP contribution in [0.3, 0.4) is 0 Å². The van der Waals surface area contributed by atoms with Gasteiger partial charge in [0.25, 0.3) is 5.91 Å². The van der Waals surface area contributed by atoms with Crippen LogP contribution < -0.4 is 5.32 Å². The minimum Gasteiger partial charge on any atom is -0.478 e. The predicted molar refractivity (Wildman–Crippen MR) is 75.1 cm³/mol. The highest BCUT2D eigenvalue weighted by molar-refractivity contribution is 5.89. The molecular weight excluding hydrogens is 274 g/mol. The van der Waals surface area contributed by atoms with Gasteiger partial charge in [-0.25, -0.2) is 4.79 Å². The standard InChI is InChI=1S/C15H21NO5/c1-3-20-15(6-4-5-7-15)14(19)16-9-11-8-12(13(17)18)10(2)21-11/h8H,3-7,9H2,1-2H3,(H,16,19)(H,17,18). The average Bonchev–Trinajstić information content (AvgIpc) is 3.04. The Morgan fingerprint density at radius 1 is 1.43 bits per heavy atom. The van der Waals surface area contributed by atoms with Gasteiger partial charge in [-0.1, -0.05) is 0 Å². The van der Waals surface area contributed by atoms with Gasteiger partial charge in [0.1, 0.15) is 22.7 Å². The monoisotopic (exact) mass is 295 g/mol. The van der Waals surface area contributed by atoms with Gasteiger partial charge in [-0.3, -0.25) is 4.79 Å². The van der Waals surface area contributed by atoms with E-state index < -0.39 is 11.6 Å². The van der Waals surface area contributed by atoms with Crippen molar-refractivity contribution in [1.29, 1.82) is 0 Å². The molecule has 2 N–H and O–H groups in total. The lowest BCUT2D eigenvalue weighted by Crippen LogP contribution is -2.46. The molecule has 0 atom stereocenters. The number of amides is 1. The third-order valence-corrected chi connectivity index (χ3v) is 3.87. The second-order valence-electron chi connectivity index (χ2n) is 5.30. The lowest BCUT2D eigenvalue weighted by molar-refractivity contribution is -0.146. The molecule has 0 aliphatic heterocycles. The van der Waals surface area contributed by atoms with Crippen LogP contribution in [0.4, 0.5) is 0 Å². The first-order valence-electron chi connectivity index (χ1n) is 7.23. The van der Waals surface area contributed by atoms with Gasteiger partial charge in [-0.05, 0) is 45.6 Å². The van der Waals surface area contributed by atoms with E-state index in [9.17, 15) is 9.59 Å². The summed E-state index contributed by atoms with van der Waals surface area (Å²) in [4.78, 5) is 23.3. The van der Waals surface area contributed by atoms with Crippen molar-refractivity contribution < 1.29 is 23.8 Å². The Bertz CT molecular complexity index is 528. The summed E-state index contributed by atoms with van der Waals surface area (Å²) in [6.45, 7) is 4.13. The van der Waals surface area contributed by atoms with E-state index in [0.717, 1.165) is 25.7 Å². The van der Waals surface area contributed by atoms with Gasteiger partial charge in [-0.2, -0.15) is 0 Å². The fraction of sp³-hybridized carbons (Fsp3) is 0.600. The number of hydrogen-bond donors (Lipinski definition) is 2.